The van der Waals surface area contributed by atoms with Crippen LogP contribution in [0.2, 0.25) is 0 Å². The molecule has 0 unspecified atom stereocenters. The number of para-hydroxylation sites is 1. The fraction of sp³-hybridized carbons (Fsp3) is 0.238. The van der Waals surface area contributed by atoms with E-state index in [1.54, 1.807) is 18.2 Å². The summed E-state index contributed by atoms with van der Waals surface area (Å²) in [6.07, 6.45) is 1.34. The fourth-order valence-corrected chi connectivity index (χ4v) is 2.34. The number of carbonyl (C=O) groups excluding carboxylic acids is 2. The zero-order valence-electron chi connectivity index (χ0n) is 16.2. The van der Waals surface area contributed by atoms with E-state index in [1.165, 1.54) is 26.2 Å². The van der Waals surface area contributed by atoms with Crippen LogP contribution in [0.1, 0.15) is 19.4 Å². The zero-order chi connectivity index (χ0) is 21.4. The molecule has 8 heteroatoms. The number of methoxy groups -OCH3 is 1. The Hall–Kier alpha value is -3.42. The van der Waals surface area contributed by atoms with E-state index >= 15 is 0 Å². The molecule has 0 aliphatic carbocycles. The Morgan fingerprint density at radius 3 is 2.45 bits per heavy atom. The van der Waals surface area contributed by atoms with Gasteiger partial charge in [-0.05, 0) is 49.8 Å². The molecular weight excluding hydrogens is 384 g/mol. The molecule has 0 heterocycles. The summed E-state index contributed by atoms with van der Waals surface area (Å²) >= 11 is 0. The summed E-state index contributed by atoms with van der Waals surface area (Å²) in [7, 11) is 1.50. The number of ether oxygens (including phenoxy) is 3. The second kappa shape index (κ2) is 10.2. The van der Waals surface area contributed by atoms with Crippen molar-refractivity contribution in [3.63, 3.8) is 0 Å². The van der Waals surface area contributed by atoms with Gasteiger partial charge in [-0.1, -0.05) is 12.1 Å². The number of anilines is 1. The van der Waals surface area contributed by atoms with Gasteiger partial charge in [0, 0.05) is 6.08 Å². The lowest BCUT2D eigenvalue weighted by atomic mass is 10.2. The van der Waals surface area contributed by atoms with Crippen molar-refractivity contribution >= 4 is 23.6 Å². The predicted molar refractivity (Wildman–Crippen MR) is 104 cm³/mol. The molecule has 1 atom stereocenters. The summed E-state index contributed by atoms with van der Waals surface area (Å²) in [5.41, 5.74) is 0.0465. The summed E-state index contributed by atoms with van der Waals surface area (Å²) in [6.45, 7) is 3.62. The Morgan fingerprint density at radius 1 is 1.14 bits per heavy atom. The molecule has 2 aromatic rings. The summed E-state index contributed by atoms with van der Waals surface area (Å²) in [4.78, 5) is 24.0. The van der Waals surface area contributed by atoms with Gasteiger partial charge in [-0.2, -0.15) is 0 Å². The highest BCUT2D eigenvalue weighted by atomic mass is 19.1. The van der Waals surface area contributed by atoms with Crippen LogP contribution < -0.4 is 14.8 Å². The third-order valence-corrected chi connectivity index (χ3v) is 3.77. The first-order valence-electron chi connectivity index (χ1n) is 8.80. The number of benzene rings is 2. The van der Waals surface area contributed by atoms with E-state index in [0.717, 1.165) is 18.2 Å². The van der Waals surface area contributed by atoms with Crippen LogP contribution in [0.4, 0.5) is 14.5 Å². The van der Waals surface area contributed by atoms with Crippen molar-refractivity contribution in [1.29, 1.82) is 0 Å². The van der Waals surface area contributed by atoms with Crippen molar-refractivity contribution in [3.8, 4) is 11.5 Å². The maximum Gasteiger partial charge on any atom is 0.331 e. The zero-order valence-corrected chi connectivity index (χ0v) is 16.2. The second-order valence-electron chi connectivity index (χ2n) is 5.84. The van der Waals surface area contributed by atoms with Crippen molar-refractivity contribution in [2.45, 2.75) is 20.0 Å². The van der Waals surface area contributed by atoms with E-state index in [4.69, 9.17) is 14.2 Å². The van der Waals surface area contributed by atoms with Crippen molar-refractivity contribution in [2.75, 3.05) is 19.0 Å². The average Bonchev–Trinajstić information content (AvgIpc) is 2.70. The van der Waals surface area contributed by atoms with Crippen molar-refractivity contribution in [2.24, 2.45) is 0 Å². The maximum atomic E-state index is 13.6. The minimum atomic E-state index is -1.26. The molecule has 0 saturated carbocycles. The molecule has 0 saturated heterocycles. The Labute approximate surface area is 167 Å². The molecule has 2 rings (SSSR count). The van der Waals surface area contributed by atoms with Crippen LogP contribution in [0.5, 0.6) is 11.5 Å². The molecule has 0 aromatic heterocycles. The van der Waals surface area contributed by atoms with Crippen LogP contribution in [0, 0.1) is 11.6 Å². The molecule has 0 radical (unpaired) electrons. The van der Waals surface area contributed by atoms with Crippen LogP contribution in [0.25, 0.3) is 6.08 Å². The fourth-order valence-electron chi connectivity index (χ4n) is 2.34. The lowest BCUT2D eigenvalue weighted by Crippen LogP contribution is -2.30. The molecule has 0 spiro atoms. The largest absolute Gasteiger partial charge is 0.493 e. The van der Waals surface area contributed by atoms with Gasteiger partial charge in [0.05, 0.1) is 13.7 Å². The van der Waals surface area contributed by atoms with Crippen molar-refractivity contribution < 1.29 is 32.6 Å². The highest BCUT2D eigenvalue weighted by Crippen LogP contribution is 2.28. The van der Waals surface area contributed by atoms with E-state index in [2.05, 4.69) is 5.32 Å². The molecule has 6 nitrogen and oxygen atoms in total. The van der Waals surface area contributed by atoms with E-state index in [9.17, 15) is 18.4 Å². The Kier molecular flexibility index (Phi) is 7.70. The van der Waals surface area contributed by atoms with Gasteiger partial charge >= 0.3 is 5.97 Å². The summed E-state index contributed by atoms with van der Waals surface area (Å²) in [6, 6.07) is 8.27. The van der Waals surface area contributed by atoms with E-state index in [-0.39, 0.29) is 0 Å². The molecule has 0 bridgehead atoms. The van der Waals surface area contributed by atoms with Crippen LogP contribution in [-0.4, -0.2) is 31.7 Å². The molecule has 1 amide bonds. The topological polar surface area (TPSA) is 73.9 Å². The normalized spacial score (nSPS) is 11.8. The summed E-state index contributed by atoms with van der Waals surface area (Å²) in [5, 5.41) is 2.07. The van der Waals surface area contributed by atoms with E-state index < -0.39 is 35.3 Å². The summed E-state index contributed by atoms with van der Waals surface area (Å²) < 4.78 is 42.8. The standard InChI is InChI=1S/C21H21F2NO5/c1-4-28-17-10-8-14(12-18(17)27-3)9-11-19(25)29-13(2)21(26)24-20-15(22)6-5-7-16(20)23/h5-13H,4H2,1-3H3,(H,24,26)/b11-9+/t13-/m1/s1. The Balaban J connectivity index is 1.98. The quantitative estimate of drug-likeness (QED) is 0.532. The lowest BCUT2D eigenvalue weighted by molar-refractivity contribution is -0.148. The number of rotatable bonds is 8. The minimum absolute atomic E-state index is 0.481. The van der Waals surface area contributed by atoms with Gasteiger partial charge in [0.1, 0.15) is 17.3 Å². The van der Waals surface area contributed by atoms with E-state index in [0.29, 0.717) is 23.7 Å². The molecule has 154 valence electrons. The monoisotopic (exact) mass is 405 g/mol. The highest BCUT2D eigenvalue weighted by Gasteiger charge is 2.20. The molecule has 0 aliphatic rings. The third kappa shape index (κ3) is 6.03. The van der Waals surface area contributed by atoms with E-state index in [1.807, 2.05) is 6.92 Å². The first kappa shape index (κ1) is 21.9. The molecule has 2 aromatic carbocycles. The van der Waals surface area contributed by atoms with Gasteiger partial charge in [-0.15, -0.1) is 0 Å². The molecule has 1 N–H and O–H groups in total. The number of hydrogen-bond acceptors (Lipinski definition) is 5. The first-order chi connectivity index (χ1) is 13.8. The van der Waals surface area contributed by atoms with Gasteiger partial charge in [-0.25, -0.2) is 13.6 Å². The number of amides is 1. The second-order valence-corrected chi connectivity index (χ2v) is 5.84. The minimum Gasteiger partial charge on any atom is -0.493 e. The summed E-state index contributed by atoms with van der Waals surface area (Å²) in [5.74, 6) is -2.45. The van der Waals surface area contributed by atoms with Gasteiger partial charge < -0.3 is 19.5 Å². The van der Waals surface area contributed by atoms with Crippen molar-refractivity contribution in [1.82, 2.24) is 0 Å². The maximum absolute atomic E-state index is 13.6. The number of nitrogens with one attached hydrogen (secondary N) is 1. The van der Waals surface area contributed by atoms with Crippen LogP contribution >= 0.6 is 0 Å². The SMILES string of the molecule is CCOc1ccc(/C=C/C(=O)O[C@H](C)C(=O)Nc2c(F)cccc2F)cc1OC. The Bertz CT molecular complexity index is 894. The number of carbonyl (C=O) groups is 2. The predicted octanol–water partition coefficient (Wildman–Crippen LogP) is 3.96. The Morgan fingerprint density at radius 2 is 1.83 bits per heavy atom. The number of esters is 1. The highest BCUT2D eigenvalue weighted by molar-refractivity contribution is 5.96. The van der Waals surface area contributed by atoms with Gasteiger partial charge in [0.2, 0.25) is 0 Å². The number of hydrogen-bond donors (Lipinski definition) is 1. The molecule has 0 fully saturated rings. The van der Waals surface area contributed by atoms with Crippen LogP contribution in [0.15, 0.2) is 42.5 Å². The van der Waals surface area contributed by atoms with Gasteiger partial charge in [-0.3, -0.25) is 4.79 Å². The number of halogens is 2. The van der Waals surface area contributed by atoms with Gasteiger partial charge in [0.15, 0.2) is 17.6 Å². The van der Waals surface area contributed by atoms with Gasteiger partial charge in [0.25, 0.3) is 5.91 Å². The molecule has 29 heavy (non-hydrogen) atoms. The first-order valence-corrected chi connectivity index (χ1v) is 8.80. The van der Waals surface area contributed by atoms with Crippen molar-refractivity contribution in [3.05, 3.63) is 59.7 Å². The molecule has 0 aliphatic heterocycles. The van der Waals surface area contributed by atoms with Crippen LogP contribution in [0.3, 0.4) is 0 Å². The average molecular weight is 405 g/mol. The lowest BCUT2D eigenvalue weighted by Gasteiger charge is -2.13. The smallest absolute Gasteiger partial charge is 0.331 e. The van der Waals surface area contributed by atoms with Crippen LogP contribution in [-0.2, 0) is 14.3 Å². The molecular formula is C21H21F2NO5. The third-order valence-electron chi connectivity index (χ3n) is 3.77.